The molecule has 1 aliphatic carbocycles. The second kappa shape index (κ2) is 12.5. The second-order valence-electron chi connectivity index (χ2n) is 8.65. The summed E-state index contributed by atoms with van der Waals surface area (Å²) in [6.07, 6.45) is 1.71. The lowest BCUT2D eigenvalue weighted by Crippen LogP contribution is -2.26. The minimum Gasteiger partial charge on any atom is -0.493 e. The molecule has 2 aromatic rings. The molecule has 2 aromatic carbocycles. The first-order valence-corrected chi connectivity index (χ1v) is 12.2. The molecule has 8 nitrogen and oxygen atoms in total. The van der Waals surface area contributed by atoms with Crippen LogP contribution < -0.4 is 18.9 Å². The van der Waals surface area contributed by atoms with Crippen LogP contribution in [0.5, 0.6) is 23.0 Å². The summed E-state index contributed by atoms with van der Waals surface area (Å²) in [5.41, 5.74) is 2.54. The van der Waals surface area contributed by atoms with Crippen molar-refractivity contribution in [3.63, 3.8) is 0 Å². The van der Waals surface area contributed by atoms with Crippen LogP contribution in [0, 0.1) is 5.92 Å². The van der Waals surface area contributed by atoms with Gasteiger partial charge in [0.15, 0.2) is 23.0 Å². The maximum atomic E-state index is 13.2. The third-order valence-corrected chi connectivity index (χ3v) is 6.45. The van der Waals surface area contributed by atoms with Crippen LogP contribution in [0.2, 0.25) is 0 Å². The zero-order valence-electron chi connectivity index (χ0n) is 21.9. The van der Waals surface area contributed by atoms with Gasteiger partial charge in [-0.1, -0.05) is 19.9 Å². The van der Waals surface area contributed by atoms with E-state index in [4.69, 9.17) is 28.4 Å². The average Bonchev–Trinajstić information content (AvgIpc) is 3.21. The van der Waals surface area contributed by atoms with Crippen molar-refractivity contribution < 1.29 is 38.0 Å². The van der Waals surface area contributed by atoms with Crippen molar-refractivity contribution in [3.8, 4) is 23.0 Å². The number of carbonyl (C=O) groups excluding carboxylic acids is 2. The van der Waals surface area contributed by atoms with Crippen LogP contribution in [-0.2, 0) is 19.1 Å². The molecule has 0 fully saturated rings. The lowest BCUT2D eigenvalue weighted by Gasteiger charge is -2.24. The fraction of sp³-hybridized carbons (Fsp3) is 0.500. The Morgan fingerprint density at radius 2 is 1.36 bits per heavy atom. The van der Waals surface area contributed by atoms with Crippen LogP contribution in [0.1, 0.15) is 61.6 Å². The highest BCUT2D eigenvalue weighted by Gasteiger charge is 2.48. The molecule has 0 aliphatic heterocycles. The van der Waals surface area contributed by atoms with Crippen molar-refractivity contribution in [1.82, 2.24) is 0 Å². The van der Waals surface area contributed by atoms with E-state index in [1.54, 1.807) is 14.2 Å². The van der Waals surface area contributed by atoms with Crippen LogP contribution in [-0.4, -0.2) is 53.6 Å². The van der Waals surface area contributed by atoms with Crippen molar-refractivity contribution in [2.75, 3.05) is 41.7 Å². The van der Waals surface area contributed by atoms with Crippen molar-refractivity contribution in [2.45, 2.75) is 44.9 Å². The number of esters is 2. The fourth-order valence-electron chi connectivity index (χ4n) is 4.82. The first kappa shape index (κ1) is 27.2. The van der Waals surface area contributed by atoms with Gasteiger partial charge in [0.1, 0.15) is 0 Å². The lowest BCUT2D eigenvalue weighted by atomic mass is 9.81. The third kappa shape index (κ3) is 5.53. The van der Waals surface area contributed by atoms with Gasteiger partial charge in [-0.3, -0.25) is 9.59 Å². The number of ether oxygens (including phenoxy) is 6. The summed E-state index contributed by atoms with van der Waals surface area (Å²) in [5.74, 6) is -0.0451. The second-order valence-corrected chi connectivity index (χ2v) is 8.65. The Morgan fingerprint density at radius 3 is 1.94 bits per heavy atom. The van der Waals surface area contributed by atoms with E-state index < -0.39 is 29.7 Å². The molecule has 0 amide bonds. The number of carbonyl (C=O) groups is 2. The summed E-state index contributed by atoms with van der Waals surface area (Å²) in [6.45, 7) is 5.14. The number of fused-ring (bicyclic) bond motifs is 1. The first-order chi connectivity index (χ1) is 17.4. The molecule has 3 unspecified atom stereocenters. The molecule has 0 heterocycles. The van der Waals surface area contributed by atoms with E-state index in [1.165, 1.54) is 14.2 Å². The van der Waals surface area contributed by atoms with Gasteiger partial charge in [-0.25, -0.2) is 0 Å². The molecule has 3 atom stereocenters. The molecule has 36 heavy (non-hydrogen) atoms. The van der Waals surface area contributed by atoms with Crippen molar-refractivity contribution in [2.24, 2.45) is 5.92 Å². The van der Waals surface area contributed by atoms with Crippen LogP contribution in [0.15, 0.2) is 30.3 Å². The van der Waals surface area contributed by atoms with Crippen molar-refractivity contribution in [3.05, 3.63) is 47.0 Å². The predicted octanol–water partition coefficient (Wildman–Crippen LogP) is 4.86. The Kier molecular flexibility index (Phi) is 9.44. The summed E-state index contributed by atoms with van der Waals surface area (Å²) in [7, 11) is 5.85. The normalized spacial score (nSPS) is 18.2. The van der Waals surface area contributed by atoms with Crippen molar-refractivity contribution in [1.29, 1.82) is 0 Å². The van der Waals surface area contributed by atoms with Gasteiger partial charge in [-0.05, 0) is 53.8 Å². The van der Waals surface area contributed by atoms with Gasteiger partial charge in [0, 0.05) is 11.8 Å². The zero-order chi connectivity index (χ0) is 26.2. The lowest BCUT2D eigenvalue weighted by molar-refractivity contribution is -0.147. The van der Waals surface area contributed by atoms with E-state index in [0.29, 0.717) is 36.2 Å². The maximum absolute atomic E-state index is 13.2. The molecule has 0 radical (unpaired) electrons. The minimum absolute atomic E-state index is 0.0207. The van der Waals surface area contributed by atoms with Crippen LogP contribution in [0.4, 0.5) is 0 Å². The third-order valence-electron chi connectivity index (χ3n) is 6.45. The molecule has 8 heteroatoms. The van der Waals surface area contributed by atoms with E-state index in [1.807, 2.05) is 44.2 Å². The topological polar surface area (TPSA) is 89.5 Å². The molecular formula is C28H36O8. The van der Waals surface area contributed by atoms with E-state index in [2.05, 4.69) is 0 Å². The van der Waals surface area contributed by atoms with Gasteiger partial charge in [0.2, 0.25) is 0 Å². The monoisotopic (exact) mass is 500 g/mol. The zero-order valence-corrected chi connectivity index (χ0v) is 21.9. The van der Waals surface area contributed by atoms with Gasteiger partial charge >= 0.3 is 11.9 Å². The molecule has 0 N–H and O–H groups in total. The summed E-state index contributed by atoms with van der Waals surface area (Å²) in [4.78, 5) is 25.6. The fourth-order valence-corrected chi connectivity index (χ4v) is 4.82. The van der Waals surface area contributed by atoms with Crippen LogP contribution in [0.3, 0.4) is 0 Å². The molecule has 3 rings (SSSR count). The van der Waals surface area contributed by atoms with Crippen molar-refractivity contribution >= 4 is 11.9 Å². The van der Waals surface area contributed by atoms with Gasteiger partial charge in [0.25, 0.3) is 0 Å². The Balaban J connectivity index is 2.22. The molecule has 0 spiro atoms. The summed E-state index contributed by atoms with van der Waals surface area (Å²) in [5, 5.41) is 0. The maximum Gasteiger partial charge on any atom is 0.310 e. The van der Waals surface area contributed by atoms with Crippen LogP contribution >= 0.6 is 0 Å². The SMILES string of the molecule is CCCOc1ccc(C2c3cc(OCCC)c(OC)cc3C(CC(=O)OC)C2C(=O)OC)cc1OC. The highest BCUT2D eigenvalue weighted by Crippen LogP contribution is 2.55. The van der Waals surface area contributed by atoms with Gasteiger partial charge in [-0.15, -0.1) is 0 Å². The summed E-state index contributed by atoms with van der Waals surface area (Å²) >= 11 is 0. The number of benzene rings is 2. The number of methoxy groups -OCH3 is 4. The quantitative estimate of drug-likeness (QED) is 0.382. The molecule has 0 aromatic heterocycles. The largest absolute Gasteiger partial charge is 0.493 e. The van der Waals surface area contributed by atoms with E-state index in [-0.39, 0.29) is 6.42 Å². The number of hydrogen-bond donors (Lipinski definition) is 0. The van der Waals surface area contributed by atoms with Gasteiger partial charge in [-0.2, -0.15) is 0 Å². The Hall–Kier alpha value is -3.42. The number of rotatable bonds is 12. The molecular weight excluding hydrogens is 464 g/mol. The Bertz CT molecular complexity index is 1060. The van der Waals surface area contributed by atoms with Gasteiger partial charge < -0.3 is 28.4 Å². The molecule has 0 saturated carbocycles. The van der Waals surface area contributed by atoms with Gasteiger partial charge in [0.05, 0.1) is 54.0 Å². The molecule has 1 aliphatic rings. The number of hydrogen-bond acceptors (Lipinski definition) is 8. The van der Waals surface area contributed by atoms with Crippen LogP contribution in [0.25, 0.3) is 0 Å². The first-order valence-electron chi connectivity index (χ1n) is 12.2. The summed E-state index contributed by atoms with van der Waals surface area (Å²) < 4.78 is 33.2. The predicted molar refractivity (Wildman–Crippen MR) is 134 cm³/mol. The van der Waals surface area contributed by atoms with E-state index in [0.717, 1.165) is 29.5 Å². The average molecular weight is 501 g/mol. The standard InChI is InChI=1S/C28H36O8/c1-7-11-35-21-10-9-17(13-22(21)31-3)26-19-15-24(36-12-8-2)23(32-4)14-18(19)20(16-25(29)33-5)27(26)28(30)34-6/h9-10,13-15,20,26-27H,7-8,11-12,16H2,1-6H3. The molecule has 0 saturated heterocycles. The van der Waals surface area contributed by atoms with E-state index in [9.17, 15) is 9.59 Å². The minimum atomic E-state index is -0.664. The smallest absolute Gasteiger partial charge is 0.310 e. The Morgan fingerprint density at radius 1 is 0.750 bits per heavy atom. The molecule has 196 valence electrons. The molecule has 0 bridgehead atoms. The van der Waals surface area contributed by atoms with E-state index >= 15 is 0 Å². The highest BCUT2D eigenvalue weighted by molar-refractivity contribution is 5.81. The highest BCUT2D eigenvalue weighted by atomic mass is 16.5. The summed E-state index contributed by atoms with van der Waals surface area (Å²) in [6, 6.07) is 9.43. The Labute approximate surface area is 212 Å².